The van der Waals surface area contributed by atoms with Crippen LogP contribution in [0, 0.1) is 5.21 Å². The summed E-state index contributed by atoms with van der Waals surface area (Å²) in [7, 11) is 0. The van der Waals surface area contributed by atoms with Gasteiger partial charge in [-0.3, -0.25) is 5.73 Å². The van der Waals surface area contributed by atoms with E-state index >= 15 is 0 Å². The first-order valence-corrected chi connectivity index (χ1v) is 4.93. The topological polar surface area (TPSA) is 162 Å². The quantitative estimate of drug-likeness (QED) is 0.275. The van der Waals surface area contributed by atoms with E-state index < -0.39 is 0 Å². The van der Waals surface area contributed by atoms with Crippen molar-refractivity contribution in [2.75, 3.05) is 48.4 Å². The molecule has 1 heterocycles. The molecule has 0 saturated carbocycles. The number of nitrogen functional groups attached to an aromatic ring is 3. The van der Waals surface area contributed by atoms with Gasteiger partial charge < -0.3 is 31.8 Å². The van der Waals surface area contributed by atoms with Crippen LogP contribution in [-0.2, 0) is 0 Å². The minimum atomic E-state index is -0.279. The van der Waals surface area contributed by atoms with Gasteiger partial charge in [-0.15, -0.1) is 4.85 Å². The Balaban J connectivity index is 3.18. The van der Waals surface area contributed by atoms with E-state index in [1.54, 1.807) is 0 Å². The van der Waals surface area contributed by atoms with Crippen LogP contribution in [0.4, 0.5) is 23.0 Å². The van der Waals surface area contributed by atoms with Crippen LogP contribution in [0.15, 0.2) is 0 Å². The van der Waals surface area contributed by atoms with Crippen LogP contribution >= 0.6 is 0 Å². The third-order valence-corrected chi connectivity index (χ3v) is 2.24. The third kappa shape index (κ3) is 2.57. The highest BCUT2D eigenvalue weighted by Gasteiger charge is 2.19. The smallest absolute Gasteiger partial charge is 0.322 e. The fraction of sp³-hybridized carbons (Fsp3) is 0.500. The van der Waals surface area contributed by atoms with Crippen LogP contribution in [0.1, 0.15) is 0 Å². The van der Waals surface area contributed by atoms with Crippen molar-refractivity contribution in [3.63, 3.8) is 0 Å². The van der Waals surface area contributed by atoms with Gasteiger partial charge in [0, 0.05) is 13.1 Å². The number of aromatic nitrogens is 2. The van der Waals surface area contributed by atoms with Crippen molar-refractivity contribution < 1.29 is 15.1 Å². The van der Waals surface area contributed by atoms with Crippen LogP contribution in [0.25, 0.3) is 0 Å². The highest BCUT2D eigenvalue weighted by molar-refractivity contribution is 5.81. The van der Waals surface area contributed by atoms with E-state index in [-0.39, 0.29) is 54.2 Å². The Hall–Kier alpha value is -2.00. The lowest BCUT2D eigenvalue weighted by Crippen LogP contribution is -2.41. The highest BCUT2D eigenvalue weighted by atomic mass is 16.5. The second-order valence-electron chi connectivity index (χ2n) is 3.34. The SMILES string of the molecule is Nc1c(N(CCO)CCO)n[n+]([O-])c(N)c1N. The fourth-order valence-electron chi connectivity index (χ4n) is 1.35. The summed E-state index contributed by atoms with van der Waals surface area (Å²) in [6, 6.07) is 0. The van der Waals surface area contributed by atoms with E-state index in [0.29, 0.717) is 0 Å². The molecule has 9 heteroatoms. The summed E-state index contributed by atoms with van der Waals surface area (Å²) >= 11 is 0. The Morgan fingerprint density at radius 2 is 1.65 bits per heavy atom. The number of anilines is 4. The molecule has 0 unspecified atom stereocenters. The standard InChI is InChI=1S/C8H16N6O3/c9-5-6(10)8(12-14(17)7(5)11)13(1-3-15)2-4-16/h15-16H,1-4,9-11H2. The van der Waals surface area contributed by atoms with Crippen LogP contribution in [0.2, 0.25) is 0 Å². The molecule has 0 atom stereocenters. The van der Waals surface area contributed by atoms with Gasteiger partial charge in [-0.2, -0.15) is 0 Å². The van der Waals surface area contributed by atoms with Crippen molar-refractivity contribution in [3.8, 4) is 0 Å². The zero-order chi connectivity index (χ0) is 13.0. The summed E-state index contributed by atoms with van der Waals surface area (Å²) in [5.41, 5.74) is 16.6. The summed E-state index contributed by atoms with van der Waals surface area (Å²) in [5.74, 6) is -0.186. The first-order valence-electron chi connectivity index (χ1n) is 4.93. The molecule has 0 saturated heterocycles. The van der Waals surface area contributed by atoms with Gasteiger partial charge in [0.2, 0.25) is 0 Å². The maximum absolute atomic E-state index is 11.3. The average Bonchev–Trinajstić information content (AvgIpc) is 2.31. The molecule has 1 aromatic heterocycles. The summed E-state index contributed by atoms with van der Waals surface area (Å²) in [5, 5.41) is 32.7. The monoisotopic (exact) mass is 244 g/mol. The fourth-order valence-corrected chi connectivity index (χ4v) is 1.35. The zero-order valence-electron chi connectivity index (χ0n) is 9.20. The molecule has 0 aliphatic heterocycles. The van der Waals surface area contributed by atoms with E-state index in [4.69, 9.17) is 27.4 Å². The highest BCUT2D eigenvalue weighted by Crippen LogP contribution is 2.27. The lowest BCUT2D eigenvalue weighted by molar-refractivity contribution is -0.652. The summed E-state index contributed by atoms with van der Waals surface area (Å²) in [4.78, 5) is 1.60. The van der Waals surface area contributed by atoms with Gasteiger partial charge in [0.15, 0.2) is 11.5 Å². The molecule has 1 aromatic rings. The Kier molecular flexibility index (Phi) is 4.12. The summed E-state index contributed by atoms with van der Waals surface area (Å²) in [6.07, 6.45) is 0. The molecule has 0 amide bonds. The van der Waals surface area contributed by atoms with Gasteiger partial charge in [-0.05, 0) is 0 Å². The predicted molar refractivity (Wildman–Crippen MR) is 62.8 cm³/mol. The molecule has 0 radical (unpaired) electrons. The Morgan fingerprint density at radius 3 is 2.12 bits per heavy atom. The molecule has 17 heavy (non-hydrogen) atoms. The molecule has 0 aromatic carbocycles. The van der Waals surface area contributed by atoms with Gasteiger partial charge >= 0.3 is 5.82 Å². The van der Waals surface area contributed by atoms with Gasteiger partial charge in [0.05, 0.1) is 13.2 Å². The second-order valence-corrected chi connectivity index (χ2v) is 3.34. The van der Waals surface area contributed by atoms with Crippen molar-refractivity contribution >= 4 is 23.0 Å². The molecule has 96 valence electrons. The summed E-state index contributed by atoms with van der Waals surface area (Å²) < 4.78 is 0. The number of nitrogens with two attached hydrogens (primary N) is 3. The van der Waals surface area contributed by atoms with E-state index in [1.165, 1.54) is 4.90 Å². The van der Waals surface area contributed by atoms with Gasteiger partial charge in [-0.1, -0.05) is 5.10 Å². The Labute approximate surface area is 97.6 Å². The summed E-state index contributed by atoms with van der Waals surface area (Å²) in [6.45, 7) is -0.0171. The molecule has 8 N–H and O–H groups in total. The number of rotatable bonds is 5. The van der Waals surface area contributed by atoms with Gasteiger partial charge in [-0.25, -0.2) is 0 Å². The number of hydrogen-bond donors (Lipinski definition) is 5. The molecular formula is C8H16N6O3. The normalized spacial score (nSPS) is 10.5. The van der Waals surface area contributed by atoms with E-state index in [9.17, 15) is 5.21 Å². The predicted octanol–water partition coefficient (Wildman–Crippen LogP) is -2.75. The second kappa shape index (κ2) is 5.37. The van der Waals surface area contributed by atoms with Crippen LogP contribution < -0.4 is 26.9 Å². The third-order valence-electron chi connectivity index (χ3n) is 2.24. The van der Waals surface area contributed by atoms with Gasteiger partial charge in [0.1, 0.15) is 5.69 Å². The lowest BCUT2D eigenvalue weighted by Gasteiger charge is -2.23. The van der Waals surface area contributed by atoms with Crippen molar-refractivity contribution in [1.82, 2.24) is 5.10 Å². The van der Waals surface area contributed by atoms with Crippen molar-refractivity contribution in [2.24, 2.45) is 0 Å². The maximum Gasteiger partial charge on any atom is 0.322 e. The van der Waals surface area contributed by atoms with Crippen LogP contribution in [0.5, 0.6) is 0 Å². The average molecular weight is 244 g/mol. The first-order chi connectivity index (χ1) is 8.02. The van der Waals surface area contributed by atoms with Gasteiger partial charge in [0.25, 0.3) is 0 Å². The number of aliphatic hydroxyl groups is 2. The minimum absolute atomic E-state index is 0.0523. The number of nitrogens with zero attached hydrogens (tertiary/aromatic N) is 3. The molecule has 1 rings (SSSR count). The van der Waals surface area contributed by atoms with Crippen LogP contribution in [-0.4, -0.2) is 41.6 Å². The molecular weight excluding hydrogens is 228 g/mol. The molecule has 0 fully saturated rings. The molecule has 0 bridgehead atoms. The first kappa shape index (κ1) is 13.1. The zero-order valence-corrected chi connectivity index (χ0v) is 9.20. The lowest BCUT2D eigenvalue weighted by atomic mass is 10.3. The van der Waals surface area contributed by atoms with E-state index in [1.807, 2.05) is 0 Å². The van der Waals surface area contributed by atoms with Crippen molar-refractivity contribution in [3.05, 3.63) is 5.21 Å². The van der Waals surface area contributed by atoms with E-state index in [2.05, 4.69) is 5.10 Å². The Bertz CT molecular complexity index is 393. The minimum Gasteiger partial charge on any atom is -0.691 e. The largest absolute Gasteiger partial charge is 0.691 e. The number of aliphatic hydroxyl groups excluding tert-OH is 2. The Morgan fingerprint density at radius 1 is 1.12 bits per heavy atom. The molecule has 0 spiro atoms. The molecule has 0 aliphatic carbocycles. The van der Waals surface area contributed by atoms with Crippen LogP contribution in [0.3, 0.4) is 0 Å². The molecule has 0 aliphatic rings. The number of hydrogen-bond acceptors (Lipinski definition) is 8. The van der Waals surface area contributed by atoms with Crippen molar-refractivity contribution in [2.45, 2.75) is 0 Å². The maximum atomic E-state index is 11.3. The van der Waals surface area contributed by atoms with Crippen molar-refractivity contribution in [1.29, 1.82) is 0 Å². The molecule has 9 nitrogen and oxygen atoms in total. The van der Waals surface area contributed by atoms with E-state index in [0.717, 1.165) is 0 Å².